The largest absolute Gasteiger partial charge is 0.469 e. The van der Waals surface area contributed by atoms with Crippen molar-refractivity contribution in [2.24, 2.45) is 44.8 Å². The van der Waals surface area contributed by atoms with Crippen LogP contribution in [-0.2, 0) is 19.1 Å². The van der Waals surface area contributed by atoms with Gasteiger partial charge in [-0.25, -0.2) is 0 Å². The van der Waals surface area contributed by atoms with Crippen LogP contribution in [0.4, 0.5) is 0 Å². The first-order valence-electron chi connectivity index (χ1n) is 13.8. The smallest absolute Gasteiger partial charge is 0.312 e. The second-order valence-corrected chi connectivity index (χ2v) is 14.2. The zero-order valence-electron chi connectivity index (χ0n) is 23.4. The van der Waals surface area contributed by atoms with Gasteiger partial charge in [0.1, 0.15) is 11.7 Å². The molecule has 8 atom stereocenters. The molecule has 0 aliphatic heterocycles. The van der Waals surface area contributed by atoms with E-state index in [4.69, 9.17) is 4.74 Å². The number of hydrogen-bond acceptors (Lipinski definition) is 6. The average Bonchev–Trinajstić information content (AvgIpc) is 2.84. The summed E-state index contributed by atoms with van der Waals surface area (Å²) in [6.45, 7) is 12.5. The van der Waals surface area contributed by atoms with Gasteiger partial charge in [0.25, 0.3) is 0 Å². The number of ether oxygens (including phenoxy) is 1. The molecule has 0 aromatic carbocycles. The number of allylic oxidation sites excluding steroid dienone is 3. The standard InChI is InChI=1S/C31H41NO5/c1-18-20-8-9-28(5)21(27(20,4)15-19(17-32)24(18)34)14-23(33)31(36)22-16-26(2,3)10-12-30(22,25(35)37-7)13-11-29(28,31)6/h14-15,18,20,22,36H,8-13,16H2,1-7H3. The third kappa shape index (κ3) is 2.93. The number of carbonyl (C=O) groups excluding carboxylic acids is 3. The number of nitriles is 1. The van der Waals surface area contributed by atoms with Crippen molar-refractivity contribution in [2.45, 2.75) is 92.1 Å². The van der Waals surface area contributed by atoms with Crippen LogP contribution in [0, 0.1) is 56.2 Å². The zero-order valence-corrected chi connectivity index (χ0v) is 23.4. The molecule has 0 saturated heterocycles. The molecule has 3 saturated carbocycles. The Morgan fingerprint density at radius 3 is 2.35 bits per heavy atom. The molecule has 37 heavy (non-hydrogen) atoms. The maximum Gasteiger partial charge on any atom is 0.312 e. The van der Waals surface area contributed by atoms with Crippen molar-refractivity contribution >= 4 is 17.5 Å². The number of Topliss-reactive ketones (excluding diaryl/α,β-unsaturated/α-hetero) is 1. The topological polar surface area (TPSA) is 104 Å². The maximum absolute atomic E-state index is 14.4. The Bertz CT molecular complexity index is 1210. The van der Waals surface area contributed by atoms with Crippen molar-refractivity contribution in [1.82, 2.24) is 0 Å². The van der Waals surface area contributed by atoms with E-state index in [9.17, 15) is 24.8 Å². The van der Waals surface area contributed by atoms with Crippen LogP contribution in [0.15, 0.2) is 23.3 Å². The average molecular weight is 508 g/mol. The minimum atomic E-state index is -1.71. The fourth-order valence-electron chi connectivity index (χ4n) is 9.81. The molecule has 8 unspecified atom stereocenters. The van der Waals surface area contributed by atoms with Crippen LogP contribution in [0.3, 0.4) is 0 Å². The fourth-order valence-corrected chi connectivity index (χ4v) is 9.81. The number of esters is 1. The Morgan fingerprint density at radius 1 is 1.08 bits per heavy atom. The predicted octanol–water partition coefficient (Wildman–Crippen LogP) is 5.10. The normalized spacial score (nSPS) is 48.2. The summed E-state index contributed by atoms with van der Waals surface area (Å²) in [4.78, 5) is 40.6. The molecule has 0 aromatic rings. The highest BCUT2D eigenvalue weighted by molar-refractivity contribution is 6.04. The quantitative estimate of drug-likeness (QED) is 0.495. The highest BCUT2D eigenvalue weighted by atomic mass is 16.5. The summed E-state index contributed by atoms with van der Waals surface area (Å²) in [6.07, 6.45) is 8.07. The lowest BCUT2D eigenvalue weighted by atomic mass is 9.33. The van der Waals surface area contributed by atoms with Gasteiger partial charge >= 0.3 is 5.97 Å². The predicted molar refractivity (Wildman–Crippen MR) is 138 cm³/mol. The highest BCUT2D eigenvalue weighted by Crippen LogP contribution is 2.75. The van der Waals surface area contributed by atoms with Gasteiger partial charge in [-0.2, -0.15) is 5.26 Å². The van der Waals surface area contributed by atoms with Gasteiger partial charge in [-0.1, -0.05) is 47.6 Å². The number of rotatable bonds is 1. The first-order valence-corrected chi connectivity index (χ1v) is 13.8. The van der Waals surface area contributed by atoms with Crippen LogP contribution < -0.4 is 0 Å². The van der Waals surface area contributed by atoms with E-state index in [-0.39, 0.29) is 40.4 Å². The van der Waals surface area contributed by atoms with E-state index in [0.29, 0.717) is 25.7 Å². The van der Waals surface area contributed by atoms with E-state index >= 15 is 0 Å². The number of nitrogens with zero attached hydrogens (tertiary/aromatic N) is 1. The molecule has 6 nitrogen and oxygen atoms in total. The molecule has 3 fully saturated rings. The van der Waals surface area contributed by atoms with Crippen LogP contribution in [0.5, 0.6) is 0 Å². The number of aliphatic hydroxyl groups is 1. The minimum Gasteiger partial charge on any atom is -0.469 e. The number of fused-ring (bicyclic) bond motifs is 7. The van der Waals surface area contributed by atoms with Gasteiger partial charge in [0.15, 0.2) is 11.6 Å². The van der Waals surface area contributed by atoms with Crippen LogP contribution in [0.1, 0.15) is 86.5 Å². The second kappa shape index (κ2) is 7.65. The van der Waals surface area contributed by atoms with Gasteiger partial charge in [-0.15, -0.1) is 0 Å². The van der Waals surface area contributed by atoms with E-state index in [1.165, 1.54) is 7.11 Å². The van der Waals surface area contributed by atoms with E-state index in [1.807, 2.05) is 6.92 Å². The van der Waals surface area contributed by atoms with Gasteiger partial charge in [-0.3, -0.25) is 14.4 Å². The molecular formula is C31H41NO5. The van der Waals surface area contributed by atoms with Crippen molar-refractivity contribution in [3.05, 3.63) is 23.3 Å². The van der Waals surface area contributed by atoms with Gasteiger partial charge in [0, 0.05) is 22.7 Å². The summed E-state index contributed by atoms with van der Waals surface area (Å²) in [5, 5.41) is 22.6. The summed E-state index contributed by atoms with van der Waals surface area (Å²) < 4.78 is 5.33. The monoisotopic (exact) mass is 507 g/mol. The first-order chi connectivity index (χ1) is 17.1. The molecule has 1 N–H and O–H groups in total. The van der Waals surface area contributed by atoms with Crippen molar-refractivity contribution in [2.75, 3.05) is 7.11 Å². The molecule has 5 rings (SSSR count). The lowest BCUT2D eigenvalue weighted by Crippen LogP contribution is -2.74. The molecule has 0 bridgehead atoms. The molecule has 0 amide bonds. The van der Waals surface area contributed by atoms with Crippen molar-refractivity contribution in [3.8, 4) is 6.07 Å². The van der Waals surface area contributed by atoms with E-state index in [1.54, 1.807) is 12.2 Å². The zero-order chi connectivity index (χ0) is 27.4. The first kappa shape index (κ1) is 26.4. The van der Waals surface area contributed by atoms with E-state index in [2.05, 4.69) is 40.7 Å². The molecule has 5 aliphatic rings. The lowest BCUT2D eigenvalue weighted by Gasteiger charge is -2.70. The van der Waals surface area contributed by atoms with Crippen molar-refractivity contribution in [3.63, 3.8) is 0 Å². The van der Waals surface area contributed by atoms with Crippen molar-refractivity contribution in [1.29, 1.82) is 5.26 Å². The Kier molecular flexibility index (Phi) is 5.45. The number of hydrogen-bond donors (Lipinski definition) is 1. The summed E-state index contributed by atoms with van der Waals surface area (Å²) >= 11 is 0. The Morgan fingerprint density at radius 2 is 1.73 bits per heavy atom. The molecule has 0 radical (unpaired) electrons. The Balaban J connectivity index is 1.74. The SMILES string of the molecule is COC(=O)C12CCC(C)(C)CC1C1(O)C(=O)C=C3C4(C)C=C(C#N)C(=O)C(C)C4CCC3(C)C1(C)CC2. The molecule has 5 aliphatic carbocycles. The minimum absolute atomic E-state index is 0.00891. The summed E-state index contributed by atoms with van der Waals surface area (Å²) in [6, 6.07) is 2.10. The second-order valence-electron chi connectivity index (χ2n) is 14.2. The summed E-state index contributed by atoms with van der Waals surface area (Å²) in [5.41, 5.74) is -3.59. The molecule has 200 valence electrons. The van der Waals surface area contributed by atoms with Gasteiger partial charge < -0.3 is 9.84 Å². The lowest BCUT2D eigenvalue weighted by molar-refractivity contribution is -0.247. The molecular weight excluding hydrogens is 466 g/mol. The van der Waals surface area contributed by atoms with Crippen LogP contribution >= 0.6 is 0 Å². The molecule has 0 heterocycles. The van der Waals surface area contributed by atoms with Gasteiger partial charge in [0.2, 0.25) is 0 Å². The Hall–Kier alpha value is -2.26. The van der Waals surface area contributed by atoms with Crippen LogP contribution in [0.2, 0.25) is 0 Å². The molecule has 0 spiro atoms. The van der Waals surface area contributed by atoms with Gasteiger partial charge in [-0.05, 0) is 73.3 Å². The van der Waals surface area contributed by atoms with Gasteiger partial charge in [0.05, 0.1) is 18.1 Å². The molecule has 6 heteroatoms. The number of carbonyl (C=O) groups is 3. The van der Waals surface area contributed by atoms with Crippen molar-refractivity contribution < 1.29 is 24.2 Å². The van der Waals surface area contributed by atoms with E-state index < -0.39 is 33.2 Å². The third-order valence-corrected chi connectivity index (χ3v) is 12.3. The number of methoxy groups -OCH3 is 1. The summed E-state index contributed by atoms with van der Waals surface area (Å²) in [5.74, 6) is -1.63. The van der Waals surface area contributed by atoms with Crippen LogP contribution in [-0.4, -0.2) is 35.4 Å². The maximum atomic E-state index is 14.4. The van der Waals surface area contributed by atoms with Crippen LogP contribution in [0.25, 0.3) is 0 Å². The Labute approximate surface area is 220 Å². The third-order valence-electron chi connectivity index (χ3n) is 12.3. The summed E-state index contributed by atoms with van der Waals surface area (Å²) in [7, 11) is 1.40. The highest BCUT2D eigenvalue weighted by Gasteiger charge is 2.76. The van der Waals surface area contributed by atoms with E-state index in [0.717, 1.165) is 24.8 Å². The fraction of sp³-hybridized carbons (Fsp3) is 0.742. The number of ketones is 2. The molecule has 0 aromatic heterocycles.